The third-order valence-electron chi connectivity index (χ3n) is 10.9. The van der Waals surface area contributed by atoms with Crippen molar-refractivity contribution in [1.82, 2.24) is 19.9 Å². The lowest BCUT2D eigenvalue weighted by Crippen LogP contribution is -2.15. The van der Waals surface area contributed by atoms with E-state index in [2.05, 4.69) is 132 Å². The van der Waals surface area contributed by atoms with Crippen LogP contribution in [0, 0.1) is 0 Å². The molecule has 3 aromatic heterocycles. The van der Waals surface area contributed by atoms with Crippen LogP contribution in [-0.4, -0.2) is 26.0 Å². The molecular weight excluding hydrogens is 681 g/mol. The van der Waals surface area contributed by atoms with Crippen molar-refractivity contribution in [3.63, 3.8) is 0 Å². The van der Waals surface area contributed by atoms with E-state index in [0.717, 1.165) is 57.5 Å². The van der Waals surface area contributed by atoms with E-state index >= 15 is 0 Å². The smallest absolute Gasteiger partial charge is 0.165 e. The molecule has 2 atom stereocenters. The van der Waals surface area contributed by atoms with Gasteiger partial charge in [0.15, 0.2) is 17.5 Å². The van der Waals surface area contributed by atoms with Crippen molar-refractivity contribution in [1.29, 1.82) is 0 Å². The number of ether oxygens (including phenoxy) is 1. The monoisotopic (exact) mass is 712 g/mol. The summed E-state index contributed by atoms with van der Waals surface area (Å²) >= 11 is 1.79. The van der Waals surface area contributed by atoms with Gasteiger partial charge in [-0.1, -0.05) is 127 Å². The molecule has 54 heavy (non-hydrogen) atoms. The van der Waals surface area contributed by atoms with E-state index in [1.807, 2.05) is 30.5 Å². The SMILES string of the molecule is C1=CC(c2nc(-c3ccccc3)nc(-c3cccc4c3sc3ccccc34)n2)=C2c3cccc(C4=CCC(c5cccc6ncccc56)C=C4)c3OC2C1. The summed E-state index contributed by atoms with van der Waals surface area (Å²) in [5, 5.41) is 3.68. The highest BCUT2D eigenvalue weighted by Crippen LogP contribution is 2.49. The normalized spacial score (nSPS) is 17.5. The van der Waals surface area contributed by atoms with Crippen molar-refractivity contribution >= 4 is 59.1 Å². The van der Waals surface area contributed by atoms with E-state index in [0.29, 0.717) is 17.5 Å². The third-order valence-corrected chi connectivity index (χ3v) is 12.1. The fourth-order valence-corrected chi connectivity index (χ4v) is 9.53. The standard InChI is InChI=1S/C48H32N4OS/c1-2-11-31(12-3-1)46-50-47(52-48(51-46)39-19-7-16-36-35-13-4-5-23-42(35)54-45(36)39)38-18-9-22-41-43(38)37-17-6-15-33(44(37)53-41)30-26-24-29(25-27-30)32-14-8-21-40-34(32)20-10-28-49-40/h1-21,23-24,26-29,41H,22,25H2. The molecule has 6 heteroatoms. The summed E-state index contributed by atoms with van der Waals surface area (Å²) in [6.45, 7) is 0. The number of thiophene rings is 1. The minimum atomic E-state index is -0.128. The largest absolute Gasteiger partial charge is 0.484 e. The molecule has 256 valence electrons. The molecule has 0 fully saturated rings. The van der Waals surface area contributed by atoms with Crippen molar-refractivity contribution in [2.24, 2.45) is 0 Å². The van der Waals surface area contributed by atoms with Gasteiger partial charge in [0.05, 0.1) is 5.52 Å². The van der Waals surface area contributed by atoms with E-state index in [1.54, 1.807) is 11.3 Å². The second-order valence-corrected chi connectivity index (χ2v) is 15.0. The molecule has 0 saturated carbocycles. The average Bonchev–Trinajstić information content (AvgIpc) is 3.83. The molecular formula is C48H32N4OS. The lowest BCUT2D eigenvalue weighted by molar-refractivity contribution is 0.278. The van der Waals surface area contributed by atoms with Crippen LogP contribution in [-0.2, 0) is 0 Å². The van der Waals surface area contributed by atoms with Gasteiger partial charge in [-0.15, -0.1) is 11.3 Å². The van der Waals surface area contributed by atoms with E-state index < -0.39 is 0 Å². The first-order chi connectivity index (χ1) is 26.8. The van der Waals surface area contributed by atoms with Crippen molar-refractivity contribution in [2.75, 3.05) is 0 Å². The van der Waals surface area contributed by atoms with Crippen LogP contribution in [0.2, 0.25) is 0 Å². The Kier molecular flexibility index (Phi) is 7.23. The summed E-state index contributed by atoms with van der Waals surface area (Å²) < 4.78 is 9.30. The van der Waals surface area contributed by atoms with Gasteiger partial charge >= 0.3 is 0 Å². The minimum Gasteiger partial charge on any atom is -0.484 e. The van der Waals surface area contributed by atoms with E-state index in [9.17, 15) is 0 Å². The molecule has 1 aliphatic heterocycles. The molecule has 0 amide bonds. The Labute approximate surface area is 316 Å². The van der Waals surface area contributed by atoms with Gasteiger partial charge in [0.25, 0.3) is 0 Å². The van der Waals surface area contributed by atoms with Gasteiger partial charge in [0.2, 0.25) is 0 Å². The molecule has 11 rings (SSSR count). The molecule has 5 aromatic carbocycles. The number of nitrogens with zero attached hydrogens (tertiary/aromatic N) is 4. The summed E-state index contributed by atoms with van der Waals surface area (Å²) in [6.07, 6.45) is 14.7. The fourth-order valence-electron chi connectivity index (χ4n) is 8.31. The second-order valence-electron chi connectivity index (χ2n) is 14.0. The third kappa shape index (κ3) is 5.06. The Morgan fingerprint density at radius 1 is 0.611 bits per heavy atom. The summed E-state index contributed by atoms with van der Waals surface area (Å²) in [4.78, 5) is 20.2. The highest BCUT2D eigenvalue weighted by atomic mass is 32.1. The van der Waals surface area contributed by atoms with E-state index in [1.165, 1.54) is 36.7 Å². The lowest BCUT2D eigenvalue weighted by Gasteiger charge is -2.20. The lowest BCUT2D eigenvalue weighted by atomic mass is 9.85. The molecule has 0 radical (unpaired) electrons. The molecule has 0 bridgehead atoms. The van der Waals surface area contributed by atoms with Crippen molar-refractivity contribution in [3.05, 3.63) is 180 Å². The van der Waals surface area contributed by atoms with Gasteiger partial charge in [-0.25, -0.2) is 15.0 Å². The zero-order chi connectivity index (χ0) is 35.6. The maximum absolute atomic E-state index is 6.88. The quantitative estimate of drug-likeness (QED) is 0.178. The molecule has 2 aliphatic carbocycles. The predicted molar refractivity (Wildman–Crippen MR) is 221 cm³/mol. The number of fused-ring (bicyclic) bond motifs is 7. The van der Waals surface area contributed by atoms with Crippen LogP contribution in [0.25, 0.3) is 70.6 Å². The van der Waals surface area contributed by atoms with Crippen molar-refractivity contribution in [2.45, 2.75) is 24.9 Å². The first kappa shape index (κ1) is 31.1. The molecule has 8 aromatic rings. The highest BCUT2D eigenvalue weighted by molar-refractivity contribution is 7.26. The van der Waals surface area contributed by atoms with Gasteiger partial charge in [-0.3, -0.25) is 4.98 Å². The number of benzene rings is 5. The Hall–Kier alpha value is -6.50. The minimum absolute atomic E-state index is 0.128. The fraction of sp³-hybridized carbons (Fsp3) is 0.0833. The number of allylic oxidation sites excluding steroid dienone is 6. The molecule has 0 spiro atoms. The highest BCUT2D eigenvalue weighted by Gasteiger charge is 2.35. The first-order valence-electron chi connectivity index (χ1n) is 18.4. The van der Waals surface area contributed by atoms with Crippen LogP contribution in [0.4, 0.5) is 0 Å². The Bertz CT molecular complexity index is 2930. The number of para-hydroxylation sites is 1. The number of aromatic nitrogens is 4. The Morgan fingerprint density at radius 3 is 2.31 bits per heavy atom. The van der Waals surface area contributed by atoms with Crippen LogP contribution < -0.4 is 4.74 Å². The summed E-state index contributed by atoms with van der Waals surface area (Å²) in [5.74, 6) is 3.19. The Balaban J connectivity index is 1.02. The molecule has 2 unspecified atom stereocenters. The zero-order valence-electron chi connectivity index (χ0n) is 29.2. The van der Waals surface area contributed by atoms with Crippen LogP contribution >= 0.6 is 11.3 Å². The molecule has 0 N–H and O–H groups in total. The van der Waals surface area contributed by atoms with Gasteiger partial charge in [-0.05, 0) is 41.8 Å². The summed E-state index contributed by atoms with van der Waals surface area (Å²) in [5.41, 5.74) is 9.80. The van der Waals surface area contributed by atoms with Gasteiger partial charge in [0, 0.05) is 77.5 Å². The van der Waals surface area contributed by atoms with E-state index in [-0.39, 0.29) is 12.0 Å². The van der Waals surface area contributed by atoms with Gasteiger partial charge in [0.1, 0.15) is 11.9 Å². The van der Waals surface area contributed by atoms with Crippen LogP contribution in [0.1, 0.15) is 41.3 Å². The molecule has 4 heterocycles. The van der Waals surface area contributed by atoms with Gasteiger partial charge < -0.3 is 4.74 Å². The van der Waals surface area contributed by atoms with Crippen LogP contribution in [0.15, 0.2) is 158 Å². The maximum Gasteiger partial charge on any atom is 0.165 e. The predicted octanol–water partition coefficient (Wildman–Crippen LogP) is 11.9. The van der Waals surface area contributed by atoms with E-state index in [4.69, 9.17) is 19.7 Å². The molecule has 5 nitrogen and oxygen atoms in total. The average molecular weight is 713 g/mol. The molecule has 3 aliphatic rings. The number of hydrogen-bond donors (Lipinski definition) is 0. The summed E-state index contributed by atoms with van der Waals surface area (Å²) in [7, 11) is 0. The van der Waals surface area contributed by atoms with Gasteiger partial charge in [-0.2, -0.15) is 0 Å². The summed E-state index contributed by atoms with van der Waals surface area (Å²) in [6, 6.07) is 42.4. The molecule has 0 saturated heterocycles. The second kappa shape index (κ2) is 12.6. The Morgan fingerprint density at radius 2 is 1.39 bits per heavy atom. The van der Waals surface area contributed by atoms with Crippen LogP contribution in [0.5, 0.6) is 5.75 Å². The zero-order valence-corrected chi connectivity index (χ0v) is 30.0. The van der Waals surface area contributed by atoms with Crippen molar-refractivity contribution in [3.8, 4) is 28.5 Å². The first-order valence-corrected chi connectivity index (χ1v) is 19.2. The maximum atomic E-state index is 6.88. The van der Waals surface area contributed by atoms with Crippen molar-refractivity contribution < 1.29 is 4.74 Å². The topological polar surface area (TPSA) is 60.8 Å². The van der Waals surface area contributed by atoms with Crippen LogP contribution in [0.3, 0.4) is 0 Å². The number of pyridine rings is 1. The number of hydrogen-bond acceptors (Lipinski definition) is 6. The number of rotatable bonds is 5.